The fourth-order valence-corrected chi connectivity index (χ4v) is 3.85. The van der Waals surface area contributed by atoms with Gasteiger partial charge in [0, 0.05) is 36.2 Å². The maximum Gasteiger partial charge on any atom is 0.0951 e. The van der Waals surface area contributed by atoms with Crippen molar-refractivity contribution in [2.45, 2.75) is 50.4 Å². The van der Waals surface area contributed by atoms with Crippen molar-refractivity contribution in [1.29, 1.82) is 0 Å². The van der Waals surface area contributed by atoms with Crippen LogP contribution in [-0.2, 0) is 6.54 Å². The molecule has 4 nitrogen and oxygen atoms in total. The number of thiophene rings is 1. The van der Waals surface area contributed by atoms with Crippen molar-refractivity contribution in [2.24, 2.45) is 5.73 Å². The summed E-state index contributed by atoms with van der Waals surface area (Å²) in [5, 5.41) is 2.16. The fraction of sp³-hybridized carbons (Fsp3) is 0.562. The van der Waals surface area contributed by atoms with Crippen molar-refractivity contribution in [2.75, 3.05) is 6.54 Å². The summed E-state index contributed by atoms with van der Waals surface area (Å²) < 4.78 is 2.36. The third-order valence-corrected chi connectivity index (χ3v) is 5.40. The predicted molar refractivity (Wildman–Crippen MR) is 85.2 cm³/mol. The van der Waals surface area contributed by atoms with Crippen LogP contribution in [0.15, 0.2) is 30.0 Å². The second kappa shape index (κ2) is 5.55. The first-order valence-corrected chi connectivity index (χ1v) is 8.74. The second-order valence-electron chi connectivity index (χ2n) is 6.19. The molecular weight excluding hydrogens is 280 g/mol. The van der Waals surface area contributed by atoms with E-state index in [0.29, 0.717) is 24.7 Å². The molecule has 0 radical (unpaired) electrons. The summed E-state index contributed by atoms with van der Waals surface area (Å²) in [7, 11) is 0. The van der Waals surface area contributed by atoms with Gasteiger partial charge in [0.25, 0.3) is 0 Å². The quantitative estimate of drug-likeness (QED) is 0.855. The third kappa shape index (κ3) is 2.78. The largest absolute Gasteiger partial charge is 0.330 e. The monoisotopic (exact) mass is 302 g/mol. The van der Waals surface area contributed by atoms with Crippen LogP contribution in [0, 0.1) is 0 Å². The normalized spacial score (nSPS) is 20.1. The number of imidazole rings is 1. The average Bonchev–Trinajstić information content (AvgIpc) is 3.43. The van der Waals surface area contributed by atoms with Crippen LogP contribution in [0.1, 0.15) is 48.3 Å². The minimum atomic E-state index is 0.294. The highest BCUT2D eigenvalue weighted by Gasteiger charge is 2.37. The van der Waals surface area contributed by atoms with Gasteiger partial charge in [0.2, 0.25) is 0 Å². The van der Waals surface area contributed by atoms with Gasteiger partial charge in [0.1, 0.15) is 0 Å². The summed E-state index contributed by atoms with van der Waals surface area (Å²) >= 11 is 1.84. The Balaban J connectivity index is 1.60. The molecule has 2 aromatic heterocycles. The van der Waals surface area contributed by atoms with Gasteiger partial charge in [0.05, 0.1) is 18.1 Å². The maximum atomic E-state index is 6.17. The molecule has 0 aliphatic heterocycles. The standard InChI is InChI=1S/C16H22N4S/c17-8-15(16-9-18-11-20(16)13-5-6-13)19(12-3-4-12)10-14-2-1-7-21-14/h1-2,7,9,11-13,15H,3-6,8,10,17H2. The molecule has 2 heterocycles. The zero-order chi connectivity index (χ0) is 14.2. The SMILES string of the molecule is NCC(c1cncn1C1CC1)N(Cc1cccs1)C1CC1. The van der Waals surface area contributed by atoms with Crippen LogP contribution in [-0.4, -0.2) is 27.0 Å². The molecule has 0 bridgehead atoms. The Morgan fingerprint density at radius 2 is 2.24 bits per heavy atom. The van der Waals surface area contributed by atoms with E-state index < -0.39 is 0 Å². The van der Waals surface area contributed by atoms with Crippen LogP contribution in [0.3, 0.4) is 0 Å². The summed E-state index contributed by atoms with van der Waals surface area (Å²) in [6.45, 7) is 1.68. The van der Waals surface area contributed by atoms with Crippen LogP contribution in [0.25, 0.3) is 0 Å². The van der Waals surface area contributed by atoms with Gasteiger partial charge in [-0.15, -0.1) is 11.3 Å². The summed E-state index contributed by atoms with van der Waals surface area (Å²) in [6.07, 6.45) is 9.20. The van der Waals surface area contributed by atoms with E-state index in [9.17, 15) is 0 Å². The zero-order valence-electron chi connectivity index (χ0n) is 12.2. The number of hydrogen-bond acceptors (Lipinski definition) is 4. The highest BCUT2D eigenvalue weighted by Crippen LogP contribution is 2.40. The van der Waals surface area contributed by atoms with Crippen LogP contribution < -0.4 is 5.73 Å². The van der Waals surface area contributed by atoms with Crippen molar-refractivity contribution < 1.29 is 0 Å². The van der Waals surface area contributed by atoms with Gasteiger partial charge in [-0.1, -0.05) is 6.07 Å². The molecule has 2 aromatic rings. The van der Waals surface area contributed by atoms with Gasteiger partial charge in [-0.3, -0.25) is 4.90 Å². The minimum Gasteiger partial charge on any atom is -0.330 e. The van der Waals surface area contributed by atoms with E-state index in [-0.39, 0.29) is 0 Å². The number of nitrogens with two attached hydrogens (primary N) is 1. The molecule has 112 valence electrons. The molecule has 2 N–H and O–H groups in total. The molecule has 2 saturated carbocycles. The lowest BCUT2D eigenvalue weighted by molar-refractivity contribution is 0.176. The van der Waals surface area contributed by atoms with E-state index in [1.165, 1.54) is 36.3 Å². The van der Waals surface area contributed by atoms with E-state index in [2.05, 4.69) is 32.0 Å². The van der Waals surface area contributed by atoms with Gasteiger partial charge < -0.3 is 10.3 Å². The lowest BCUT2D eigenvalue weighted by Crippen LogP contribution is -2.36. The summed E-state index contributed by atoms with van der Waals surface area (Å²) in [4.78, 5) is 8.42. The van der Waals surface area contributed by atoms with Crippen LogP contribution in [0.2, 0.25) is 0 Å². The molecule has 21 heavy (non-hydrogen) atoms. The Kier molecular flexibility index (Phi) is 3.57. The van der Waals surface area contributed by atoms with E-state index in [4.69, 9.17) is 5.73 Å². The Morgan fingerprint density at radius 1 is 1.38 bits per heavy atom. The van der Waals surface area contributed by atoms with Gasteiger partial charge in [-0.05, 0) is 37.1 Å². The first-order valence-electron chi connectivity index (χ1n) is 7.86. The van der Waals surface area contributed by atoms with E-state index in [1.807, 2.05) is 23.9 Å². The second-order valence-corrected chi connectivity index (χ2v) is 7.22. The predicted octanol–water partition coefficient (Wildman–Crippen LogP) is 2.94. The molecule has 0 saturated heterocycles. The van der Waals surface area contributed by atoms with Crippen molar-refractivity contribution >= 4 is 11.3 Å². The van der Waals surface area contributed by atoms with Crippen molar-refractivity contribution in [3.05, 3.63) is 40.6 Å². The first-order chi connectivity index (χ1) is 10.4. The molecule has 0 aromatic carbocycles. The first kappa shape index (κ1) is 13.5. The number of aromatic nitrogens is 2. The van der Waals surface area contributed by atoms with Crippen LogP contribution in [0.5, 0.6) is 0 Å². The lowest BCUT2D eigenvalue weighted by atomic mass is 10.1. The highest BCUT2D eigenvalue weighted by atomic mass is 32.1. The van der Waals surface area contributed by atoms with Crippen molar-refractivity contribution in [3.8, 4) is 0 Å². The molecule has 0 spiro atoms. The molecule has 2 fully saturated rings. The van der Waals surface area contributed by atoms with Gasteiger partial charge >= 0.3 is 0 Å². The third-order valence-electron chi connectivity index (χ3n) is 4.54. The topological polar surface area (TPSA) is 47.1 Å². The van der Waals surface area contributed by atoms with E-state index >= 15 is 0 Å². The molecule has 2 aliphatic carbocycles. The molecule has 0 amide bonds. The lowest BCUT2D eigenvalue weighted by Gasteiger charge is -2.31. The number of nitrogens with zero attached hydrogens (tertiary/aromatic N) is 3. The highest BCUT2D eigenvalue weighted by molar-refractivity contribution is 7.09. The number of hydrogen-bond donors (Lipinski definition) is 1. The molecule has 1 unspecified atom stereocenters. The minimum absolute atomic E-state index is 0.294. The van der Waals surface area contributed by atoms with Crippen LogP contribution in [0.4, 0.5) is 0 Å². The number of rotatable bonds is 7. The summed E-state index contributed by atoms with van der Waals surface area (Å²) in [5.41, 5.74) is 7.48. The Morgan fingerprint density at radius 3 is 2.86 bits per heavy atom. The Hall–Kier alpha value is -1.17. The van der Waals surface area contributed by atoms with E-state index in [0.717, 1.165) is 6.54 Å². The van der Waals surface area contributed by atoms with Gasteiger partial charge in [-0.25, -0.2) is 4.98 Å². The summed E-state index contributed by atoms with van der Waals surface area (Å²) in [6, 6.07) is 6.02. The van der Waals surface area contributed by atoms with Crippen molar-refractivity contribution in [1.82, 2.24) is 14.5 Å². The molecular formula is C16H22N4S. The zero-order valence-corrected chi connectivity index (χ0v) is 13.0. The molecule has 1 atom stereocenters. The molecule has 4 rings (SSSR count). The molecule has 2 aliphatic rings. The average molecular weight is 302 g/mol. The van der Waals surface area contributed by atoms with Crippen LogP contribution >= 0.6 is 11.3 Å². The van der Waals surface area contributed by atoms with E-state index in [1.54, 1.807) is 0 Å². The summed E-state index contributed by atoms with van der Waals surface area (Å²) in [5.74, 6) is 0. The molecule has 5 heteroatoms. The fourth-order valence-electron chi connectivity index (χ4n) is 3.14. The van der Waals surface area contributed by atoms with Gasteiger partial charge in [-0.2, -0.15) is 0 Å². The smallest absolute Gasteiger partial charge is 0.0951 e. The Labute approximate surface area is 129 Å². The Bertz CT molecular complexity index is 583. The van der Waals surface area contributed by atoms with Crippen molar-refractivity contribution in [3.63, 3.8) is 0 Å². The maximum absolute atomic E-state index is 6.17. The van der Waals surface area contributed by atoms with Gasteiger partial charge in [0.15, 0.2) is 0 Å².